The molecule has 0 N–H and O–H groups in total. The lowest BCUT2D eigenvalue weighted by Crippen LogP contribution is -2.28. The van der Waals surface area contributed by atoms with Gasteiger partial charge >= 0.3 is 0 Å². The first-order chi connectivity index (χ1) is 16.9. The molecule has 0 heteroatoms. The molecule has 0 nitrogen and oxygen atoms in total. The Balaban J connectivity index is 1.55. The first-order valence-corrected chi connectivity index (χ1v) is 12.3. The second-order valence-corrected chi connectivity index (χ2v) is 10.4. The van der Waals surface area contributed by atoms with Gasteiger partial charge in [0.05, 0.1) is 0 Å². The molecule has 8 aromatic carbocycles. The molecule has 0 saturated carbocycles. The maximum Gasteiger partial charge on any atom is 0.0355 e. The van der Waals surface area contributed by atoms with Gasteiger partial charge in [0.2, 0.25) is 0 Å². The Hall–Kier alpha value is -4.16. The highest BCUT2D eigenvalue weighted by molar-refractivity contribution is 6.45. The Morgan fingerprint density at radius 2 is 0.647 bits per heavy atom. The van der Waals surface area contributed by atoms with Crippen LogP contribution in [0.2, 0.25) is 0 Å². The summed E-state index contributed by atoms with van der Waals surface area (Å²) >= 11 is 0. The van der Waals surface area contributed by atoms with Crippen molar-refractivity contribution in [2.75, 3.05) is 0 Å². The molecular weight excluding hydrogens is 408 g/mol. The average molecular weight is 427 g/mol. The van der Waals surface area contributed by atoms with E-state index in [1.807, 2.05) is 0 Å². The van der Waals surface area contributed by atoms with Crippen LogP contribution in [0.15, 0.2) is 97.1 Å². The summed E-state index contributed by atoms with van der Waals surface area (Å²) in [7, 11) is 0. The molecule has 0 fully saturated rings. The van der Waals surface area contributed by atoms with Gasteiger partial charge in [0, 0.05) is 11.8 Å². The van der Waals surface area contributed by atoms with Gasteiger partial charge in [-0.15, -0.1) is 0 Å². The van der Waals surface area contributed by atoms with Crippen LogP contribution in [0.3, 0.4) is 0 Å². The smallest absolute Gasteiger partial charge is 0.0355 e. The maximum absolute atomic E-state index is 2.43. The van der Waals surface area contributed by atoms with Crippen LogP contribution in [0.5, 0.6) is 0 Å². The van der Waals surface area contributed by atoms with E-state index < -0.39 is 0 Å². The van der Waals surface area contributed by atoms with Gasteiger partial charge < -0.3 is 0 Å². The third kappa shape index (κ3) is 1.55. The van der Waals surface area contributed by atoms with Crippen molar-refractivity contribution in [2.45, 2.75) is 11.8 Å². The van der Waals surface area contributed by atoms with Crippen LogP contribution in [0, 0.1) is 0 Å². The maximum atomic E-state index is 2.43. The van der Waals surface area contributed by atoms with Crippen LogP contribution in [0.4, 0.5) is 0 Å². The topological polar surface area (TPSA) is 0 Å². The van der Waals surface area contributed by atoms with Gasteiger partial charge in [0.25, 0.3) is 0 Å². The van der Waals surface area contributed by atoms with E-state index in [2.05, 4.69) is 97.1 Å². The summed E-state index contributed by atoms with van der Waals surface area (Å²) in [4.78, 5) is 0. The third-order valence-corrected chi connectivity index (χ3v) is 9.08. The SMILES string of the molecule is c1ccc2c(c1)C1c3ccccc3C2c2c1c1ccc3ccc4ccc5ccc2c2c5c4c3c12. The fourth-order valence-corrected chi connectivity index (χ4v) is 7.96. The quantitative estimate of drug-likeness (QED) is 0.213. The second kappa shape index (κ2) is 5.16. The van der Waals surface area contributed by atoms with Gasteiger partial charge in [-0.2, -0.15) is 0 Å². The van der Waals surface area contributed by atoms with Crippen molar-refractivity contribution in [3.05, 3.63) is 130 Å². The monoisotopic (exact) mass is 426 g/mol. The summed E-state index contributed by atoms with van der Waals surface area (Å²) in [5.74, 6) is 0.598. The van der Waals surface area contributed by atoms with Crippen molar-refractivity contribution in [1.29, 1.82) is 0 Å². The molecule has 8 aromatic rings. The summed E-state index contributed by atoms with van der Waals surface area (Å²) in [5.41, 5.74) is 9.09. The Morgan fingerprint density at radius 1 is 0.324 bits per heavy atom. The van der Waals surface area contributed by atoms with Gasteiger partial charge in [-0.1, -0.05) is 97.1 Å². The molecule has 154 valence electrons. The van der Waals surface area contributed by atoms with E-state index in [-0.39, 0.29) is 0 Å². The van der Waals surface area contributed by atoms with Crippen molar-refractivity contribution in [3.8, 4) is 0 Å². The molecule has 3 aliphatic rings. The standard InChI is InChI=1S/C34H18/c1-2-6-21-20(5-1)29-22-7-3-4-8-23(22)30(21)34-25-16-14-19-12-10-17-9-11-18-13-15-24(33(29)34)31-27(18)26(17)28(19)32(25)31/h1-16,29-30H. The third-order valence-electron chi connectivity index (χ3n) is 9.08. The minimum Gasteiger partial charge on any atom is -0.0619 e. The predicted octanol–water partition coefficient (Wildman–Crippen LogP) is 8.75. The van der Waals surface area contributed by atoms with Crippen LogP contribution >= 0.6 is 0 Å². The summed E-state index contributed by atoms with van der Waals surface area (Å²) in [6, 6.07) is 37.2. The number of rotatable bonds is 0. The van der Waals surface area contributed by atoms with Crippen molar-refractivity contribution in [1.82, 2.24) is 0 Å². The number of hydrogen-bond acceptors (Lipinski definition) is 0. The molecule has 11 rings (SSSR count). The number of hydrogen-bond donors (Lipinski definition) is 0. The normalized spacial score (nSPS) is 18.6. The molecule has 0 heterocycles. The average Bonchev–Trinajstić information content (AvgIpc) is 3.27. The van der Waals surface area contributed by atoms with Gasteiger partial charge in [-0.25, -0.2) is 0 Å². The minimum absolute atomic E-state index is 0.299. The van der Waals surface area contributed by atoms with Crippen LogP contribution in [0.25, 0.3) is 53.9 Å². The molecule has 3 aliphatic carbocycles. The molecule has 0 saturated heterocycles. The highest BCUT2D eigenvalue weighted by Crippen LogP contribution is 2.61. The minimum atomic E-state index is 0.299. The first-order valence-electron chi connectivity index (χ1n) is 12.3. The van der Waals surface area contributed by atoms with Crippen LogP contribution in [-0.4, -0.2) is 0 Å². The van der Waals surface area contributed by atoms with E-state index in [1.54, 1.807) is 11.1 Å². The van der Waals surface area contributed by atoms with Gasteiger partial charge in [0.15, 0.2) is 0 Å². The van der Waals surface area contributed by atoms with Crippen molar-refractivity contribution in [2.24, 2.45) is 0 Å². The summed E-state index contributed by atoms with van der Waals surface area (Å²) in [6.45, 7) is 0. The molecule has 34 heavy (non-hydrogen) atoms. The van der Waals surface area contributed by atoms with Crippen LogP contribution in [0.1, 0.15) is 45.2 Å². The van der Waals surface area contributed by atoms with Gasteiger partial charge in [-0.05, 0) is 87.2 Å². The van der Waals surface area contributed by atoms with E-state index in [0.29, 0.717) is 11.8 Å². The Bertz CT molecular complexity index is 1930. The lowest BCUT2D eigenvalue weighted by Gasteiger charge is -2.43. The Kier molecular flexibility index (Phi) is 2.50. The highest BCUT2D eigenvalue weighted by Gasteiger charge is 2.43. The zero-order chi connectivity index (χ0) is 21.7. The molecule has 0 spiro atoms. The molecular formula is C34H18. The molecule has 0 radical (unpaired) electrons. The summed E-state index contributed by atoms with van der Waals surface area (Å²) in [5, 5.41) is 14.4. The molecule has 0 aromatic heterocycles. The molecule has 0 amide bonds. The lowest BCUT2D eigenvalue weighted by molar-refractivity contribution is 0.767. The summed E-state index contributed by atoms with van der Waals surface area (Å²) in [6.07, 6.45) is 0. The lowest BCUT2D eigenvalue weighted by atomic mass is 9.59. The molecule has 0 atom stereocenters. The van der Waals surface area contributed by atoms with Crippen molar-refractivity contribution < 1.29 is 0 Å². The van der Waals surface area contributed by atoms with E-state index in [0.717, 1.165) is 0 Å². The first kappa shape index (κ1) is 16.5. The molecule has 0 aliphatic heterocycles. The second-order valence-electron chi connectivity index (χ2n) is 10.4. The molecule has 0 unspecified atom stereocenters. The number of benzene rings is 7. The van der Waals surface area contributed by atoms with Crippen molar-refractivity contribution in [3.63, 3.8) is 0 Å². The largest absolute Gasteiger partial charge is 0.0619 e. The fourth-order valence-electron chi connectivity index (χ4n) is 7.96. The van der Waals surface area contributed by atoms with Crippen LogP contribution in [-0.2, 0) is 0 Å². The van der Waals surface area contributed by atoms with E-state index in [4.69, 9.17) is 0 Å². The zero-order valence-electron chi connectivity index (χ0n) is 18.4. The predicted molar refractivity (Wildman–Crippen MR) is 142 cm³/mol. The highest BCUT2D eigenvalue weighted by atomic mass is 14.5. The van der Waals surface area contributed by atoms with E-state index >= 15 is 0 Å². The van der Waals surface area contributed by atoms with Gasteiger partial charge in [0.1, 0.15) is 0 Å². The van der Waals surface area contributed by atoms with Crippen LogP contribution < -0.4 is 0 Å². The van der Waals surface area contributed by atoms with Gasteiger partial charge in [-0.3, -0.25) is 0 Å². The molecule has 2 bridgehead atoms. The summed E-state index contributed by atoms with van der Waals surface area (Å²) < 4.78 is 0. The Morgan fingerprint density at radius 3 is 1.03 bits per heavy atom. The Labute approximate surface area is 196 Å². The van der Waals surface area contributed by atoms with Crippen molar-refractivity contribution >= 4 is 53.9 Å². The zero-order valence-corrected chi connectivity index (χ0v) is 18.4. The van der Waals surface area contributed by atoms with E-state index in [1.165, 1.54) is 76.1 Å². The fraction of sp³-hybridized carbons (Fsp3) is 0.0588. The van der Waals surface area contributed by atoms with E-state index in [9.17, 15) is 0 Å².